The minimum absolute atomic E-state index is 0.533. The lowest BCUT2D eigenvalue weighted by molar-refractivity contribution is 1.18. The molecular weight excluding hydrogens is 625 g/mol. The van der Waals surface area contributed by atoms with E-state index in [-0.39, 0.29) is 0 Å². The molecule has 5 heteroatoms. The molecule has 0 unspecified atom stereocenters. The van der Waals surface area contributed by atoms with Gasteiger partial charge < -0.3 is 4.57 Å². The van der Waals surface area contributed by atoms with Gasteiger partial charge in [0, 0.05) is 22.0 Å². The van der Waals surface area contributed by atoms with Gasteiger partial charge in [-0.1, -0.05) is 127 Å². The number of aromatic nitrogens is 1. The summed E-state index contributed by atoms with van der Waals surface area (Å²) in [6.07, 6.45) is 0. The molecule has 8 aromatic rings. The smallest absolute Gasteiger partial charge is 0.0998 e. The van der Waals surface area contributed by atoms with Crippen molar-refractivity contribution < 1.29 is 0 Å². The van der Waals surface area contributed by atoms with Crippen LogP contribution in [0, 0.1) is 34.0 Å². The number of fused-ring (bicyclic) bond motifs is 3. The lowest BCUT2D eigenvalue weighted by Crippen LogP contribution is -2.75. The van der Waals surface area contributed by atoms with E-state index < -0.39 is 8.07 Å². The second kappa shape index (κ2) is 12.6. The third kappa shape index (κ3) is 4.80. The largest absolute Gasteiger partial charge is 0.309 e. The first-order valence-corrected chi connectivity index (χ1v) is 18.4. The summed E-state index contributed by atoms with van der Waals surface area (Å²) < 4.78 is 2.16. The van der Waals surface area contributed by atoms with E-state index in [1.54, 1.807) is 0 Å². The summed E-state index contributed by atoms with van der Waals surface area (Å²) in [7, 11) is -3.05. The number of nitriles is 3. The summed E-state index contributed by atoms with van der Waals surface area (Å²) in [6, 6.07) is 64.9. The molecule has 7 aromatic carbocycles. The van der Waals surface area contributed by atoms with E-state index in [1.165, 1.54) is 15.6 Å². The van der Waals surface area contributed by atoms with Crippen LogP contribution >= 0.6 is 0 Å². The second-order valence-electron chi connectivity index (χ2n) is 12.3. The summed E-state index contributed by atoms with van der Waals surface area (Å²) in [6.45, 7) is 0. The molecule has 50 heavy (non-hydrogen) atoms. The van der Waals surface area contributed by atoms with Gasteiger partial charge in [-0.05, 0) is 61.7 Å². The Morgan fingerprint density at radius 3 is 1.54 bits per heavy atom. The molecule has 1 aromatic heterocycles. The van der Waals surface area contributed by atoms with Crippen molar-refractivity contribution in [3.63, 3.8) is 0 Å². The predicted molar refractivity (Wildman–Crippen MR) is 204 cm³/mol. The summed E-state index contributed by atoms with van der Waals surface area (Å²) in [4.78, 5) is 0. The van der Waals surface area contributed by atoms with Crippen molar-refractivity contribution in [3.05, 3.63) is 187 Å². The Morgan fingerprint density at radius 2 is 0.940 bits per heavy atom. The number of para-hydroxylation sites is 1. The SMILES string of the molecule is N#Cc1ccc(-c2ccc(-n3c4ccccc4c4cc(C#N)ccc43)cc2C#N)c([Si-](c2ccccc2)(c2ccccc2)c2ccccc2)c1. The maximum atomic E-state index is 10.8. The summed E-state index contributed by atoms with van der Waals surface area (Å²) >= 11 is 0. The molecule has 0 aliphatic carbocycles. The van der Waals surface area contributed by atoms with Crippen LogP contribution in [0.2, 0.25) is 0 Å². The molecule has 0 amide bonds. The second-order valence-corrected chi connectivity index (χ2v) is 16.0. The van der Waals surface area contributed by atoms with Crippen LogP contribution in [0.25, 0.3) is 38.6 Å². The predicted octanol–water partition coefficient (Wildman–Crippen LogP) is 7.44. The molecule has 0 saturated carbocycles. The molecule has 0 saturated heterocycles. The van der Waals surface area contributed by atoms with Crippen LogP contribution < -0.4 is 20.7 Å². The molecule has 0 atom stereocenters. The van der Waals surface area contributed by atoms with Crippen molar-refractivity contribution >= 4 is 50.6 Å². The van der Waals surface area contributed by atoms with Gasteiger partial charge in [0.2, 0.25) is 0 Å². The molecule has 4 nitrogen and oxygen atoms in total. The van der Waals surface area contributed by atoms with Crippen molar-refractivity contribution in [1.29, 1.82) is 15.8 Å². The van der Waals surface area contributed by atoms with E-state index in [0.717, 1.165) is 43.8 Å². The zero-order valence-corrected chi connectivity index (χ0v) is 28.0. The first kappa shape index (κ1) is 30.4. The van der Waals surface area contributed by atoms with Gasteiger partial charge in [0.15, 0.2) is 0 Å². The molecule has 0 aliphatic heterocycles. The third-order valence-electron chi connectivity index (χ3n) is 9.65. The van der Waals surface area contributed by atoms with E-state index in [2.05, 4.69) is 114 Å². The van der Waals surface area contributed by atoms with Gasteiger partial charge in [0.1, 0.15) is 0 Å². The highest BCUT2D eigenvalue weighted by Gasteiger charge is 2.31. The van der Waals surface area contributed by atoms with Crippen LogP contribution in [0.4, 0.5) is 0 Å². The van der Waals surface area contributed by atoms with Gasteiger partial charge in [-0.3, -0.25) is 0 Å². The van der Waals surface area contributed by atoms with E-state index in [1.807, 2.05) is 78.9 Å². The molecule has 8 rings (SSSR count). The average molecular weight is 653 g/mol. The lowest BCUT2D eigenvalue weighted by Gasteiger charge is -2.48. The first-order valence-electron chi connectivity index (χ1n) is 16.4. The number of rotatable bonds is 6. The first-order chi connectivity index (χ1) is 24.7. The van der Waals surface area contributed by atoms with Crippen molar-refractivity contribution in [3.8, 4) is 35.0 Å². The van der Waals surface area contributed by atoms with Gasteiger partial charge in [0.25, 0.3) is 0 Å². The van der Waals surface area contributed by atoms with Crippen molar-refractivity contribution in [2.75, 3.05) is 0 Å². The number of hydrogen-bond acceptors (Lipinski definition) is 3. The molecule has 0 fully saturated rings. The average Bonchev–Trinajstić information content (AvgIpc) is 3.53. The molecule has 0 aliphatic rings. The van der Waals surface area contributed by atoms with Gasteiger partial charge >= 0.3 is 0 Å². The molecule has 0 spiro atoms. The fourth-order valence-corrected chi connectivity index (χ4v) is 12.5. The number of hydrogen-bond donors (Lipinski definition) is 0. The maximum absolute atomic E-state index is 10.8. The highest BCUT2D eigenvalue weighted by atomic mass is 28.3. The van der Waals surface area contributed by atoms with E-state index in [0.29, 0.717) is 16.7 Å². The Bertz CT molecular complexity index is 2580. The highest BCUT2D eigenvalue weighted by Crippen LogP contribution is 2.34. The van der Waals surface area contributed by atoms with E-state index in [4.69, 9.17) is 0 Å². The fourth-order valence-electron chi connectivity index (χ4n) is 7.51. The Morgan fingerprint density at radius 1 is 0.420 bits per heavy atom. The minimum Gasteiger partial charge on any atom is -0.309 e. The molecule has 0 bridgehead atoms. The van der Waals surface area contributed by atoms with Crippen molar-refractivity contribution in [1.82, 2.24) is 4.57 Å². The summed E-state index contributed by atoms with van der Waals surface area (Å²) in [5.41, 5.74) is 6.25. The van der Waals surface area contributed by atoms with E-state index >= 15 is 0 Å². The molecule has 0 radical (unpaired) electrons. The van der Waals surface area contributed by atoms with Gasteiger partial charge in [0.05, 0.1) is 40.4 Å². The minimum atomic E-state index is -3.05. The van der Waals surface area contributed by atoms with Crippen LogP contribution in [-0.4, -0.2) is 12.6 Å². The standard InChI is InChI=1S/C45H28N4Si/c46-29-32-21-25-44-42(26-32)40-18-10-11-19-43(40)49(44)35-22-24-39(34(28-35)31-48)41-23-20-33(30-47)27-45(41)50(36-12-4-1-5-13-36,37-14-6-2-7-15-37)38-16-8-3-9-17-38/h1-28H/q-1. The third-order valence-corrected chi connectivity index (χ3v) is 14.5. The van der Waals surface area contributed by atoms with Crippen LogP contribution in [0.3, 0.4) is 0 Å². The van der Waals surface area contributed by atoms with Gasteiger partial charge in [-0.2, -0.15) is 36.5 Å². The quantitative estimate of drug-likeness (QED) is 0.138. The van der Waals surface area contributed by atoms with Crippen LogP contribution in [-0.2, 0) is 0 Å². The normalized spacial score (nSPS) is 11.1. The number of benzene rings is 7. The Balaban J connectivity index is 1.43. The van der Waals surface area contributed by atoms with Gasteiger partial charge in [-0.25, -0.2) is 0 Å². The topological polar surface area (TPSA) is 76.3 Å². The van der Waals surface area contributed by atoms with Gasteiger partial charge in [-0.15, -0.1) is 0 Å². The lowest BCUT2D eigenvalue weighted by atomic mass is 9.98. The maximum Gasteiger partial charge on any atom is 0.0998 e. The molecular formula is C45H28N4Si-. The fraction of sp³-hybridized carbons (Fsp3) is 0. The zero-order chi connectivity index (χ0) is 34.1. The molecule has 1 heterocycles. The summed E-state index contributed by atoms with van der Waals surface area (Å²) in [5.74, 6) is 0. The summed E-state index contributed by atoms with van der Waals surface area (Å²) in [5, 5.41) is 37.3. The monoisotopic (exact) mass is 652 g/mol. The van der Waals surface area contributed by atoms with Crippen LogP contribution in [0.15, 0.2) is 170 Å². The zero-order valence-electron chi connectivity index (χ0n) is 27.0. The van der Waals surface area contributed by atoms with Crippen LogP contribution in [0.5, 0.6) is 0 Å². The van der Waals surface area contributed by atoms with Crippen molar-refractivity contribution in [2.24, 2.45) is 0 Å². The Kier molecular flexibility index (Phi) is 7.63. The molecule has 0 N–H and O–H groups in total. The Hall–Kier alpha value is -6.97. The van der Waals surface area contributed by atoms with Crippen molar-refractivity contribution in [2.45, 2.75) is 0 Å². The van der Waals surface area contributed by atoms with Crippen LogP contribution in [0.1, 0.15) is 16.7 Å². The number of nitrogens with zero attached hydrogens (tertiary/aromatic N) is 4. The van der Waals surface area contributed by atoms with E-state index in [9.17, 15) is 15.8 Å². The highest BCUT2D eigenvalue weighted by molar-refractivity contribution is 7.20. The molecule has 233 valence electrons. The Labute approximate surface area is 291 Å².